The summed E-state index contributed by atoms with van der Waals surface area (Å²) in [6.45, 7) is 1.97. The number of rotatable bonds is 3. The Morgan fingerprint density at radius 1 is 1.77 bits per heavy atom. The molecule has 13 heavy (non-hydrogen) atoms. The van der Waals surface area contributed by atoms with E-state index in [9.17, 15) is 4.79 Å². The lowest BCUT2D eigenvalue weighted by Gasteiger charge is -2.07. The Morgan fingerprint density at radius 2 is 2.46 bits per heavy atom. The standard InChI is InChI=1S/C8H11N3O2/c1-2-6-5-11(10-9-6)8(3-4-8)7(12)13/h5H,2-4H2,1H3,(H,12,13). The highest BCUT2D eigenvalue weighted by atomic mass is 16.4. The van der Waals surface area contributed by atoms with Crippen molar-refractivity contribution in [2.45, 2.75) is 31.7 Å². The van der Waals surface area contributed by atoms with Gasteiger partial charge in [-0.1, -0.05) is 12.1 Å². The molecule has 0 amide bonds. The third-order valence-electron chi connectivity index (χ3n) is 2.46. The predicted molar refractivity (Wildman–Crippen MR) is 44.2 cm³/mol. The molecular weight excluding hydrogens is 170 g/mol. The summed E-state index contributed by atoms with van der Waals surface area (Å²) in [7, 11) is 0. The van der Waals surface area contributed by atoms with Crippen LogP contribution >= 0.6 is 0 Å². The minimum atomic E-state index is -0.806. The van der Waals surface area contributed by atoms with Gasteiger partial charge < -0.3 is 5.11 Å². The number of hydrogen-bond acceptors (Lipinski definition) is 3. The lowest BCUT2D eigenvalue weighted by Crippen LogP contribution is -2.27. The average molecular weight is 181 g/mol. The van der Waals surface area contributed by atoms with E-state index in [1.807, 2.05) is 6.92 Å². The van der Waals surface area contributed by atoms with Gasteiger partial charge in [-0.3, -0.25) is 0 Å². The molecule has 0 atom stereocenters. The zero-order valence-electron chi connectivity index (χ0n) is 7.40. The van der Waals surface area contributed by atoms with Gasteiger partial charge in [0.05, 0.1) is 5.69 Å². The van der Waals surface area contributed by atoms with E-state index >= 15 is 0 Å². The molecule has 0 bridgehead atoms. The highest BCUT2D eigenvalue weighted by molar-refractivity contribution is 5.79. The fraction of sp³-hybridized carbons (Fsp3) is 0.625. The monoisotopic (exact) mass is 181 g/mol. The SMILES string of the molecule is CCc1cn(C2(C(=O)O)CC2)nn1. The maximum absolute atomic E-state index is 10.9. The van der Waals surface area contributed by atoms with Crippen molar-refractivity contribution in [3.8, 4) is 0 Å². The Labute approximate surface area is 75.4 Å². The quantitative estimate of drug-likeness (QED) is 0.733. The second-order valence-electron chi connectivity index (χ2n) is 3.34. The molecule has 0 saturated heterocycles. The van der Waals surface area contributed by atoms with E-state index < -0.39 is 11.5 Å². The van der Waals surface area contributed by atoms with E-state index in [0.717, 1.165) is 12.1 Å². The largest absolute Gasteiger partial charge is 0.479 e. The molecule has 5 heteroatoms. The van der Waals surface area contributed by atoms with E-state index in [1.54, 1.807) is 6.20 Å². The molecule has 1 fully saturated rings. The van der Waals surface area contributed by atoms with Gasteiger partial charge in [0.15, 0.2) is 5.54 Å². The van der Waals surface area contributed by atoms with Crippen LogP contribution in [-0.4, -0.2) is 26.1 Å². The number of aromatic nitrogens is 3. The van der Waals surface area contributed by atoms with Gasteiger partial charge in [0.2, 0.25) is 0 Å². The van der Waals surface area contributed by atoms with Crippen molar-refractivity contribution in [3.63, 3.8) is 0 Å². The van der Waals surface area contributed by atoms with Crippen LogP contribution in [0, 0.1) is 0 Å². The summed E-state index contributed by atoms with van der Waals surface area (Å²) in [4.78, 5) is 10.9. The fourth-order valence-corrected chi connectivity index (χ4v) is 1.33. The van der Waals surface area contributed by atoms with Crippen LogP contribution in [0.2, 0.25) is 0 Å². The minimum Gasteiger partial charge on any atom is -0.479 e. The van der Waals surface area contributed by atoms with Crippen molar-refractivity contribution >= 4 is 5.97 Å². The molecule has 1 aromatic heterocycles. The van der Waals surface area contributed by atoms with Gasteiger partial charge in [-0.05, 0) is 19.3 Å². The van der Waals surface area contributed by atoms with Crippen LogP contribution in [0.15, 0.2) is 6.20 Å². The topological polar surface area (TPSA) is 68.0 Å². The Morgan fingerprint density at radius 3 is 2.85 bits per heavy atom. The first-order valence-electron chi connectivity index (χ1n) is 4.34. The highest BCUT2D eigenvalue weighted by Crippen LogP contribution is 2.42. The van der Waals surface area contributed by atoms with Crippen LogP contribution in [0.5, 0.6) is 0 Å². The zero-order valence-corrected chi connectivity index (χ0v) is 7.40. The Kier molecular flexibility index (Phi) is 1.61. The lowest BCUT2D eigenvalue weighted by molar-refractivity contribution is -0.142. The summed E-state index contributed by atoms with van der Waals surface area (Å²) in [6.07, 6.45) is 3.83. The zero-order chi connectivity index (χ0) is 9.47. The number of aryl methyl sites for hydroxylation is 1. The first-order chi connectivity index (χ1) is 6.19. The Hall–Kier alpha value is -1.39. The molecule has 1 heterocycles. The molecular formula is C8H11N3O2. The molecule has 1 aliphatic rings. The molecule has 2 rings (SSSR count). The second-order valence-corrected chi connectivity index (χ2v) is 3.34. The van der Waals surface area contributed by atoms with Gasteiger partial charge in [0.1, 0.15) is 0 Å². The van der Waals surface area contributed by atoms with E-state index in [1.165, 1.54) is 4.68 Å². The number of carboxylic acid groups (broad SMARTS) is 1. The Balaban J connectivity index is 2.30. The van der Waals surface area contributed by atoms with Crippen LogP contribution in [-0.2, 0) is 16.8 Å². The molecule has 70 valence electrons. The molecule has 1 saturated carbocycles. The number of hydrogen-bond donors (Lipinski definition) is 1. The minimum absolute atomic E-state index is 0.662. The first kappa shape index (κ1) is 8.22. The number of carboxylic acids is 1. The maximum Gasteiger partial charge on any atom is 0.331 e. The molecule has 0 spiro atoms. The van der Waals surface area contributed by atoms with Crippen LogP contribution in [0.25, 0.3) is 0 Å². The Bertz CT molecular complexity index is 341. The van der Waals surface area contributed by atoms with Gasteiger partial charge >= 0.3 is 5.97 Å². The predicted octanol–water partition coefficient (Wildman–Crippen LogP) is 0.414. The van der Waals surface area contributed by atoms with Crippen molar-refractivity contribution in [2.75, 3.05) is 0 Å². The summed E-state index contributed by atoms with van der Waals surface area (Å²) >= 11 is 0. The highest BCUT2D eigenvalue weighted by Gasteiger charge is 2.53. The van der Waals surface area contributed by atoms with Crippen molar-refractivity contribution in [1.82, 2.24) is 15.0 Å². The molecule has 1 N–H and O–H groups in total. The summed E-state index contributed by atoms with van der Waals surface area (Å²) in [5, 5.41) is 16.7. The number of aliphatic carboxylic acids is 1. The van der Waals surface area contributed by atoms with E-state index in [-0.39, 0.29) is 0 Å². The van der Waals surface area contributed by atoms with E-state index in [4.69, 9.17) is 5.11 Å². The molecule has 0 aliphatic heterocycles. The van der Waals surface area contributed by atoms with Crippen LogP contribution in [0.3, 0.4) is 0 Å². The molecule has 1 aromatic rings. The summed E-state index contributed by atoms with van der Waals surface area (Å²) in [5.41, 5.74) is 0.0629. The molecule has 0 unspecified atom stereocenters. The fourth-order valence-electron chi connectivity index (χ4n) is 1.33. The third-order valence-corrected chi connectivity index (χ3v) is 2.46. The van der Waals surface area contributed by atoms with Crippen LogP contribution < -0.4 is 0 Å². The van der Waals surface area contributed by atoms with Gasteiger partial charge in [-0.2, -0.15) is 0 Å². The summed E-state index contributed by atoms with van der Waals surface area (Å²) in [6, 6.07) is 0. The smallest absolute Gasteiger partial charge is 0.331 e. The summed E-state index contributed by atoms with van der Waals surface area (Å²) < 4.78 is 1.48. The van der Waals surface area contributed by atoms with Crippen molar-refractivity contribution in [2.24, 2.45) is 0 Å². The second kappa shape index (κ2) is 2.55. The maximum atomic E-state index is 10.9. The van der Waals surface area contributed by atoms with Gasteiger partial charge in [-0.15, -0.1) is 5.10 Å². The van der Waals surface area contributed by atoms with E-state index in [2.05, 4.69) is 10.3 Å². The van der Waals surface area contributed by atoms with Crippen LogP contribution in [0.1, 0.15) is 25.5 Å². The first-order valence-corrected chi connectivity index (χ1v) is 4.34. The third kappa shape index (κ3) is 1.11. The molecule has 1 aliphatic carbocycles. The molecule has 5 nitrogen and oxygen atoms in total. The van der Waals surface area contributed by atoms with Crippen LogP contribution in [0.4, 0.5) is 0 Å². The number of nitrogens with zero attached hydrogens (tertiary/aromatic N) is 3. The lowest BCUT2D eigenvalue weighted by atomic mass is 10.3. The van der Waals surface area contributed by atoms with Crippen molar-refractivity contribution < 1.29 is 9.90 Å². The molecule has 0 radical (unpaired) electrons. The normalized spacial score (nSPS) is 18.5. The van der Waals surface area contributed by atoms with E-state index in [0.29, 0.717) is 12.8 Å². The average Bonchev–Trinajstić information content (AvgIpc) is 2.79. The van der Waals surface area contributed by atoms with Gasteiger partial charge in [0, 0.05) is 6.20 Å². The van der Waals surface area contributed by atoms with Crippen molar-refractivity contribution in [1.29, 1.82) is 0 Å². The van der Waals surface area contributed by atoms with Crippen molar-refractivity contribution in [3.05, 3.63) is 11.9 Å². The van der Waals surface area contributed by atoms with Gasteiger partial charge in [0.25, 0.3) is 0 Å². The molecule has 0 aromatic carbocycles. The number of carbonyl (C=O) groups is 1. The summed E-state index contributed by atoms with van der Waals surface area (Å²) in [5.74, 6) is -0.806. The van der Waals surface area contributed by atoms with Gasteiger partial charge in [-0.25, -0.2) is 9.48 Å².